The minimum absolute atomic E-state index is 0.0130. The fourth-order valence-corrected chi connectivity index (χ4v) is 6.53. The Morgan fingerprint density at radius 1 is 1.16 bits per heavy atom. The standard InChI is InChI=1S/C28H23ClN2O6S/c1-16-3-2-4-22(29)27(16)31-23(21(13-30-31)17-5-6-17)14-36-20-9-10-24-26(12-20)38(34,35)15-19-8-7-18(28(32)33)11-25(19)37-24/h2-4,7-13,17H,5-6,14-15H2,1H3,(H,32,33). The number of carbonyl (C=O) groups is 1. The summed E-state index contributed by atoms with van der Waals surface area (Å²) in [4.78, 5) is 11.4. The van der Waals surface area contributed by atoms with Gasteiger partial charge in [-0.1, -0.05) is 29.8 Å². The largest absolute Gasteiger partial charge is 0.487 e. The number of carboxylic acids is 1. The van der Waals surface area contributed by atoms with Gasteiger partial charge < -0.3 is 14.6 Å². The number of nitrogens with zero attached hydrogens (tertiary/aromatic N) is 2. The van der Waals surface area contributed by atoms with Gasteiger partial charge in [-0.05, 0) is 61.6 Å². The predicted octanol–water partition coefficient (Wildman–Crippen LogP) is 6.07. The van der Waals surface area contributed by atoms with Crippen molar-refractivity contribution < 1.29 is 27.8 Å². The van der Waals surface area contributed by atoms with Gasteiger partial charge in [0.1, 0.15) is 28.8 Å². The van der Waals surface area contributed by atoms with Crippen molar-refractivity contribution in [2.24, 2.45) is 0 Å². The zero-order valence-corrected chi connectivity index (χ0v) is 21.9. The van der Waals surface area contributed by atoms with Crippen molar-refractivity contribution in [1.82, 2.24) is 9.78 Å². The molecule has 8 nitrogen and oxygen atoms in total. The van der Waals surface area contributed by atoms with E-state index in [2.05, 4.69) is 5.10 Å². The average Bonchev–Trinajstić information content (AvgIpc) is 3.65. The summed E-state index contributed by atoms with van der Waals surface area (Å²) >= 11 is 6.53. The molecule has 0 atom stereocenters. The van der Waals surface area contributed by atoms with Crippen LogP contribution < -0.4 is 9.47 Å². The fraction of sp³-hybridized carbons (Fsp3) is 0.214. The molecule has 10 heteroatoms. The number of rotatable bonds is 6. The molecule has 0 spiro atoms. The monoisotopic (exact) mass is 550 g/mol. The molecule has 1 aromatic heterocycles. The van der Waals surface area contributed by atoms with E-state index in [-0.39, 0.29) is 34.3 Å². The quantitative estimate of drug-likeness (QED) is 0.310. The van der Waals surface area contributed by atoms with Gasteiger partial charge in [-0.2, -0.15) is 5.10 Å². The van der Waals surface area contributed by atoms with E-state index in [1.807, 2.05) is 36.0 Å². The molecule has 0 unspecified atom stereocenters. The smallest absolute Gasteiger partial charge is 0.335 e. The summed E-state index contributed by atoms with van der Waals surface area (Å²) in [6.45, 7) is 2.14. The third-order valence-corrected chi connectivity index (χ3v) is 8.81. The van der Waals surface area contributed by atoms with Crippen LogP contribution >= 0.6 is 11.6 Å². The van der Waals surface area contributed by atoms with E-state index in [1.165, 1.54) is 30.3 Å². The molecule has 194 valence electrons. The normalized spacial score (nSPS) is 15.6. The van der Waals surface area contributed by atoms with E-state index in [1.54, 1.807) is 6.07 Å². The summed E-state index contributed by atoms with van der Waals surface area (Å²) in [5, 5.41) is 14.5. The highest BCUT2D eigenvalue weighted by molar-refractivity contribution is 7.90. The van der Waals surface area contributed by atoms with Gasteiger partial charge in [-0.3, -0.25) is 0 Å². The molecule has 6 rings (SSSR count). The maximum Gasteiger partial charge on any atom is 0.335 e. The van der Waals surface area contributed by atoms with Crippen LogP contribution in [0.4, 0.5) is 0 Å². The van der Waals surface area contributed by atoms with Crippen LogP contribution in [-0.4, -0.2) is 29.3 Å². The van der Waals surface area contributed by atoms with E-state index in [4.69, 9.17) is 21.1 Å². The lowest BCUT2D eigenvalue weighted by Crippen LogP contribution is -2.10. The molecule has 38 heavy (non-hydrogen) atoms. The first-order chi connectivity index (χ1) is 18.2. The first-order valence-corrected chi connectivity index (χ1v) is 14.1. The Hall–Kier alpha value is -3.82. The summed E-state index contributed by atoms with van der Waals surface area (Å²) in [5.41, 5.74) is 4.13. The van der Waals surface area contributed by atoms with Gasteiger partial charge in [0.2, 0.25) is 0 Å². The highest BCUT2D eigenvalue weighted by atomic mass is 35.5. The van der Waals surface area contributed by atoms with Crippen LogP contribution in [0, 0.1) is 6.92 Å². The lowest BCUT2D eigenvalue weighted by atomic mass is 10.1. The molecule has 1 saturated carbocycles. The number of halogens is 1. The Morgan fingerprint density at radius 2 is 1.97 bits per heavy atom. The van der Waals surface area contributed by atoms with Gasteiger partial charge in [-0.15, -0.1) is 0 Å². The number of hydrogen-bond acceptors (Lipinski definition) is 6. The summed E-state index contributed by atoms with van der Waals surface area (Å²) in [5.74, 6) is -0.339. The van der Waals surface area contributed by atoms with Crippen LogP contribution in [0.25, 0.3) is 5.69 Å². The second-order valence-corrected chi connectivity index (χ2v) is 11.9. The molecule has 0 radical (unpaired) electrons. The average molecular weight is 551 g/mol. The molecule has 0 amide bonds. The van der Waals surface area contributed by atoms with E-state index in [9.17, 15) is 18.3 Å². The first kappa shape index (κ1) is 24.5. The Morgan fingerprint density at radius 3 is 2.71 bits per heavy atom. The van der Waals surface area contributed by atoms with Crippen molar-refractivity contribution in [1.29, 1.82) is 0 Å². The number of benzene rings is 3. The van der Waals surface area contributed by atoms with Crippen LogP contribution in [0.2, 0.25) is 5.02 Å². The Kier molecular flexibility index (Phi) is 5.92. The zero-order valence-electron chi connectivity index (χ0n) is 20.3. The maximum absolute atomic E-state index is 13.2. The molecule has 0 saturated heterocycles. The molecule has 1 aliphatic heterocycles. The molecule has 3 aromatic carbocycles. The molecule has 1 aliphatic carbocycles. The summed E-state index contributed by atoms with van der Waals surface area (Å²) in [6, 6.07) is 14.5. The van der Waals surface area contributed by atoms with Crippen molar-refractivity contribution >= 4 is 27.4 Å². The molecule has 2 heterocycles. The molecule has 0 bridgehead atoms. The lowest BCUT2D eigenvalue weighted by Gasteiger charge is -2.15. The molecule has 1 fully saturated rings. The lowest BCUT2D eigenvalue weighted by molar-refractivity contribution is 0.0696. The number of carboxylic acid groups (broad SMARTS) is 1. The highest BCUT2D eigenvalue weighted by Crippen LogP contribution is 2.43. The second-order valence-electron chi connectivity index (χ2n) is 9.52. The summed E-state index contributed by atoms with van der Waals surface area (Å²) in [6.07, 6.45) is 4.02. The van der Waals surface area contributed by atoms with Crippen LogP contribution in [0.1, 0.15) is 51.5 Å². The van der Waals surface area contributed by atoms with Gasteiger partial charge in [-0.25, -0.2) is 17.9 Å². The minimum Gasteiger partial charge on any atom is -0.487 e. The predicted molar refractivity (Wildman–Crippen MR) is 140 cm³/mol. The number of aromatic nitrogens is 2. The van der Waals surface area contributed by atoms with E-state index in [0.717, 1.165) is 35.3 Å². The minimum atomic E-state index is -3.78. The number of aromatic carboxylic acids is 1. The summed E-state index contributed by atoms with van der Waals surface area (Å²) < 4.78 is 40.3. The number of ether oxygens (including phenoxy) is 2. The van der Waals surface area contributed by atoms with Crippen LogP contribution in [-0.2, 0) is 22.2 Å². The number of hydrogen-bond donors (Lipinski definition) is 1. The van der Waals surface area contributed by atoms with Gasteiger partial charge >= 0.3 is 5.97 Å². The van der Waals surface area contributed by atoms with Crippen LogP contribution in [0.3, 0.4) is 0 Å². The van der Waals surface area contributed by atoms with E-state index < -0.39 is 15.8 Å². The Bertz CT molecular complexity index is 1690. The Balaban J connectivity index is 1.33. The number of aryl methyl sites for hydroxylation is 1. The number of sulfone groups is 1. The third kappa shape index (κ3) is 4.41. The van der Waals surface area contributed by atoms with Crippen LogP contribution in [0.15, 0.2) is 65.7 Å². The SMILES string of the molecule is Cc1cccc(Cl)c1-n1ncc(C2CC2)c1COc1ccc2c(c1)S(=O)(=O)Cc1ccc(C(=O)O)cc1O2. The fourth-order valence-electron chi connectivity index (χ4n) is 4.71. The van der Waals surface area contributed by atoms with Gasteiger partial charge in [0.05, 0.1) is 33.9 Å². The van der Waals surface area contributed by atoms with Crippen molar-refractivity contribution in [2.45, 2.75) is 42.9 Å². The topological polar surface area (TPSA) is 108 Å². The number of fused-ring (bicyclic) bond motifs is 2. The van der Waals surface area contributed by atoms with Crippen molar-refractivity contribution in [3.8, 4) is 22.9 Å². The maximum atomic E-state index is 13.2. The van der Waals surface area contributed by atoms with Gasteiger partial charge in [0.25, 0.3) is 0 Å². The Labute approximate surface area is 224 Å². The van der Waals surface area contributed by atoms with E-state index in [0.29, 0.717) is 22.3 Å². The highest BCUT2D eigenvalue weighted by Gasteiger charge is 2.31. The van der Waals surface area contributed by atoms with Crippen molar-refractivity contribution in [3.63, 3.8) is 0 Å². The second kappa shape index (κ2) is 9.18. The van der Waals surface area contributed by atoms with Crippen LogP contribution in [0.5, 0.6) is 17.2 Å². The third-order valence-electron chi connectivity index (χ3n) is 6.82. The van der Waals surface area contributed by atoms with Crippen molar-refractivity contribution in [3.05, 3.63) is 93.8 Å². The summed E-state index contributed by atoms with van der Waals surface area (Å²) in [7, 11) is -3.78. The molecular weight excluding hydrogens is 528 g/mol. The molecule has 2 aliphatic rings. The first-order valence-electron chi connectivity index (χ1n) is 12.1. The van der Waals surface area contributed by atoms with E-state index >= 15 is 0 Å². The molecule has 4 aromatic rings. The van der Waals surface area contributed by atoms with Crippen molar-refractivity contribution in [2.75, 3.05) is 0 Å². The van der Waals surface area contributed by atoms with Gasteiger partial charge in [0, 0.05) is 17.2 Å². The molecular formula is C28H23ClN2O6S. The number of para-hydroxylation sites is 1. The van der Waals surface area contributed by atoms with Gasteiger partial charge in [0.15, 0.2) is 9.84 Å². The molecule has 1 N–H and O–H groups in total. The zero-order chi connectivity index (χ0) is 26.6.